The quantitative estimate of drug-likeness (QED) is 0.859. The number of rotatable bonds is 5. The number of nitrogens with one attached hydrogen (secondary N) is 1. The number of halogens is 1. The lowest BCUT2D eigenvalue weighted by Crippen LogP contribution is -2.23. The van der Waals surface area contributed by atoms with Crippen molar-refractivity contribution in [3.63, 3.8) is 0 Å². The van der Waals surface area contributed by atoms with Gasteiger partial charge < -0.3 is 5.32 Å². The summed E-state index contributed by atoms with van der Waals surface area (Å²) in [5.74, 6) is -0.235. The molecule has 2 aromatic rings. The van der Waals surface area contributed by atoms with Crippen molar-refractivity contribution in [3.8, 4) is 0 Å². The van der Waals surface area contributed by atoms with E-state index in [4.69, 9.17) is 0 Å². The van der Waals surface area contributed by atoms with Crippen molar-refractivity contribution in [2.45, 2.75) is 11.4 Å². The van der Waals surface area contributed by atoms with E-state index in [9.17, 15) is 12.8 Å². The highest BCUT2D eigenvalue weighted by molar-refractivity contribution is 7.89. The molecule has 5 nitrogen and oxygen atoms in total. The molecule has 0 unspecified atom stereocenters. The van der Waals surface area contributed by atoms with Gasteiger partial charge in [-0.2, -0.15) is 4.39 Å². The fourth-order valence-electron chi connectivity index (χ4n) is 1.79. The molecule has 0 amide bonds. The van der Waals surface area contributed by atoms with Crippen LogP contribution in [0.2, 0.25) is 0 Å². The first kappa shape index (κ1) is 15.4. The Morgan fingerprint density at radius 2 is 1.86 bits per heavy atom. The summed E-state index contributed by atoms with van der Waals surface area (Å²) < 4.78 is 38.7. The monoisotopic (exact) mass is 309 g/mol. The van der Waals surface area contributed by atoms with E-state index < -0.39 is 16.0 Å². The number of aromatic nitrogens is 1. The molecule has 1 aromatic carbocycles. The van der Waals surface area contributed by atoms with Crippen LogP contribution in [0.1, 0.15) is 5.56 Å². The van der Waals surface area contributed by atoms with Gasteiger partial charge in [0.05, 0.1) is 4.90 Å². The molecule has 0 radical (unpaired) electrons. The van der Waals surface area contributed by atoms with Gasteiger partial charge in [-0.3, -0.25) is 0 Å². The number of sulfonamides is 1. The number of pyridine rings is 1. The first-order valence-electron chi connectivity index (χ1n) is 6.28. The van der Waals surface area contributed by atoms with E-state index in [1.54, 1.807) is 30.3 Å². The average Bonchev–Trinajstić information content (AvgIpc) is 2.45. The molecule has 1 N–H and O–H groups in total. The van der Waals surface area contributed by atoms with Crippen molar-refractivity contribution in [2.75, 3.05) is 19.4 Å². The summed E-state index contributed by atoms with van der Waals surface area (Å²) in [7, 11) is -0.562. The van der Waals surface area contributed by atoms with E-state index in [2.05, 4.69) is 10.3 Å². The molecule has 7 heteroatoms. The molecule has 21 heavy (non-hydrogen) atoms. The molecule has 112 valence electrons. The van der Waals surface area contributed by atoms with Crippen LogP contribution in [0.3, 0.4) is 0 Å². The van der Waals surface area contributed by atoms with Crippen LogP contribution < -0.4 is 5.32 Å². The van der Waals surface area contributed by atoms with Crippen LogP contribution in [0.25, 0.3) is 0 Å². The Bertz CT molecular complexity index is 733. The molecule has 2 rings (SSSR count). The molecule has 0 saturated carbocycles. The second-order valence-corrected chi connectivity index (χ2v) is 6.71. The molecule has 0 atom stereocenters. The summed E-state index contributed by atoms with van der Waals surface area (Å²) in [6.07, 6.45) is 0. The predicted octanol–water partition coefficient (Wildman–Crippen LogP) is 2.08. The third kappa shape index (κ3) is 3.56. The fourth-order valence-corrected chi connectivity index (χ4v) is 2.91. The van der Waals surface area contributed by atoms with Gasteiger partial charge in [0.15, 0.2) is 0 Å². The van der Waals surface area contributed by atoms with Gasteiger partial charge in [0.25, 0.3) is 0 Å². The van der Waals surface area contributed by atoms with Gasteiger partial charge in [-0.25, -0.2) is 17.7 Å². The Hall–Kier alpha value is -1.99. The van der Waals surface area contributed by atoms with Crippen LogP contribution >= 0.6 is 0 Å². The Kier molecular flexibility index (Phi) is 4.54. The van der Waals surface area contributed by atoms with E-state index >= 15 is 0 Å². The molecule has 0 aliphatic heterocycles. The fraction of sp³-hybridized carbons (Fsp3) is 0.214. The van der Waals surface area contributed by atoms with E-state index in [-0.39, 0.29) is 11.4 Å². The maximum absolute atomic E-state index is 13.0. The molecule has 0 aliphatic carbocycles. The Morgan fingerprint density at radius 3 is 2.52 bits per heavy atom. The third-order valence-corrected chi connectivity index (χ3v) is 4.82. The Morgan fingerprint density at radius 1 is 1.14 bits per heavy atom. The minimum absolute atomic E-state index is 0.221. The zero-order valence-electron chi connectivity index (χ0n) is 11.7. The first-order valence-corrected chi connectivity index (χ1v) is 7.72. The second-order valence-electron chi connectivity index (χ2n) is 4.59. The number of benzene rings is 1. The van der Waals surface area contributed by atoms with Crippen LogP contribution in [-0.4, -0.2) is 31.8 Å². The second kappa shape index (κ2) is 6.19. The normalized spacial score (nSPS) is 11.6. The zero-order valence-corrected chi connectivity index (χ0v) is 12.6. The van der Waals surface area contributed by atoms with Crippen LogP contribution in [0.15, 0.2) is 47.4 Å². The minimum atomic E-state index is -3.52. The van der Waals surface area contributed by atoms with Gasteiger partial charge in [-0.1, -0.05) is 24.3 Å². The van der Waals surface area contributed by atoms with Crippen LogP contribution in [0, 0.1) is 5.95 Å². The van der Waals surface area contributed by atoms with E-state index in [0.717, 1.165) is 4.31 Å². The number of hydrogen-bond acceptors (Lipinski definition) is 4. The van der Waals surface area contributed by atoms with Gasteiger partial charge in [-0.15, -0.1) is 0 Å². The minimum Gasteiger partial charge on any atom is -0.366 e. The van der Waals surface area contributed by atoms with Crippen molar-refractivity contribution in [1.29, 1.82) is 0 Å². The van der Waals surface area contributed by atoms with E-state index in [1.807, 2.05) is 0 Å². The van der Waals surface area contributed by atoms with Gasteiger partial charge in [0.2, 0.25) is 16.0 Å². The molecule has 0 spiro atoms. The van der Waals surface area contributed by atoms with E-state index in [1.165, 1.54) is 26.2 Å². The number of nitrogens with zero attached hydrogens (tertiary/aromatic N) is 2. The summed E-state index contributed by atoms with van der Waals surface area (Å²) in [6, 6.07) is 11.1. The lowest BCUT2D eigenvalue weighted by atomic mass is 10.2. The van der Waals surface area contributed by atoms with Crippen molar-refractivity contribution in [1.82, 2.24) is 9.29 Å². The highest BCUT2D eigenvalue weighted by atomic mass is 32.2. The molecule has 1 heterocycles. The third-order valence-electron chi connectivity index (χ3n) is 2.91. The summed E-state index contributed by atoms with van der Waals surface area (Å²) in [6.45, 7) is 0.236. The number of anilines is 1. The van der Waals surface area contributed by atoms with Crippen molar-refractivity contribution in [3.05, 3.63) is 54.0 Å². The maximum Gasteiger partial charge on any atom is 0.242 e. The standard InChI is InChI=1S/C14H16FN3O2S/c1-18(2)21(19,20)12-7-4-3-6-11(12)10-16-14-9-5-8-13(15)17-14/h3-9H,10H2,1-2H3,(H,16,17). The van der Waals surface area contributed by atoms with Gasteiger partial charge in [0, 0.05) is 20.6 Å². The molecule has 0 bridgehead atoms. The van der Waals surface area contributed by atoms with Crippen LogP contribution in [-0.2, 0) is 16.6 Å². The lowest BCUT2D eigenvalue weighted by Gasteiger charge is -2.15. The molecular weight excluding hydrogens is 293 g/mol. The lowest BCUT2D eigenvalue weighted by molar-refractivity contribution is 0.519. The molecule has 0 saturated heterocycles. The van der Waals surface area contributed by atoms with Crippen molar-refractivity contribution in [2.24, 2.45) is 0 Å². The largest absolute Gasteiger partial charge is 0.366 e. The van der Waals surface area contributed by atoms with Crippen LogP contribution in [0.4, 0.5) is 10.2 Å². The van der Waals surface area contributed by atoms with Gasteiger partial charge in [-0.05, 0) is 23.8 Å². The molecule has 0 fully saturated rings. The molecule has 1 aromatic heterocycles. The SMILES string of the molecule is CN(C)S(=O)(=O)c1ccccc1CNc1cccc(F)n1. The van der Waals surface area contributed by atoms with E-state index in [0.29, 0.717) is 11.4 Å². The Balaban J connectivity index is 2.26. The smallest absolute Gasteiger partial charge is 0.242 e. The Labute approximate surface area is 123 Å². The maximum atomic E-state index is 13.0. The van der Waals surface area contributed by atoms with Crippen molar-refractivity contribution < 1.29 is 12.8 Å². The average molecular weight is 309 g/mol. The molecule has 0 aliphatic rings. The number of hydrogen-bond donors (Lipinski definition) is 1. The highest BCUT2D eigenvalue weighted by Crippen LogP contribution is 2.19. The molecular formula is C14H16FN3O2S. The zero-order chi connectivity index (χ0) is 15.5. The summed E-state index contributed by atoms with van der Waals surface area (Å²) >= 11 is 0. The van der Waals surface area contributed by atoms with Gasteiger partial charge in [0.1, 0.15) is 5.82 Å². The van der Waals surface area contributed by atoms with Gasteiger partial charge >= 0.3 is 0 Å². The summed E-state index contributed by atoms with van der Waals surface area (Å²) in [5.41, 5.74) is 0.595. The summed E-state index contributed by atoms with van der Waals surface area (Å²) in [5, 5.41) is 2.92. The van der Waals surface area contributed by atoms with Crippen LogP contribution in [0.5, 0.6) is 0 Å². The summed E-state index contributed by atoms with van der Waals surface area (Å²) in [4.78, 5) is 3.90. The topological polar surface area (TPSA) is 62.3 Å². The predicted molar refractivity (Wildman–Crippen MR) is 78.8 cm³/mol. The highest BCUT2D eigenvalue weighted by Gasteiger charge is 2.20. The van der Waals surface area contributed by atoms with Crippen molar-refractivity contribution >= 4 is 15.8 Å². The first-order chi connectivity index (χ1) is 9.91.